The van der Waals surface area contributed by atoms with Crippen molar-refractivity contribution in [3.63, 3.8) is 0 Å². The lowest BCUT2D eigenvalue weighted by molar-refractivity contribution is -0.133. The summed E-state index contributed by atoms with van der Waals surface area (Å²) in [6, 6.07) is 8.82. The first-order chi connectivity index (χ1) is 14.5. The number of benzene rings is 1. The second-order valence-corrected chi connectivity index (χ2v) is 7.26. The Bertz CT molecular complexity index is 938. The van der Waals surface area contributed by atoms with E-state index in [1.807, 2.05) is 17.5 Å². The summed E-state index contributed by atoms with van der Waals surface area (Å²) in [5.74, 6) is -1.62. The molecule has 10 heteroatoms. The summed E-state index contributed by atoms with van der Waals surface area (Å²) in [6.45, 7) is -0.643. The van der Waals surface area contributed by atoms with Crippen molar-refractivity contribution in [3.05, 3.63) is 65.4 Å². The molecule has 2 aromatic heterocycles. The smallest absolute Gasteiger partial charge is 0.315 e. The average Bonchev–Trinajstić information content (AvgIpc) is 3.29. The number of hydrogen-bond acceptors (Lipinski definition) is 6. The van der Waals surface area contributed by atoms with Crippen molar-refractivity contribution in [2.45, 2.75) is 25.1 Å². The number of aromatic nitrogens is 2. The van der Waals surface area contributed by atoms with E-state index in [1.165, 1.54) is 11.3 Å². The van der Waals surface area contributed by atoms with Crippen molar-refractivity contribution in [2.24, 2.45) is 0 Å². The van der Waals surface area contributed by atoms with Gasteiger partial charge in [0, 0.05) is 23.3 Å². The fraction of sp³-hybridized carbons (Fsp3) is 0.250. The Balaban J connectivity index is 1.63. The number of nitrogens with one attached hydrogen (secondary N) is 2. The lowest BCUT2D eigenvalue weighted by Gasteiger charge is -2.22. The quantitative estimate of drug-likeness (QED) is 0.477. The summed E-state index contributed by atoms with van der Waals surface area (Å²) < 4.78 is 37.8. The summed E-state index contributed by atoms with van der Waals surface area (Å²) in [5.41, 5.74) is 2.78. The molecule has 1 amide bonds. The molecule has 0 fully saturated rings. The van der Waals surface area contributed by atoms with Crippen LogP contribution in [0.15, 0.2) is 54.2 Å². The van der Waals surface area contributed by atoms with Crippen molar-refractivity contribution in [1.29, 1.82) is 0 Å². The number of alkyl halides is 3. The van der Waals surface area contributed by atoms with E-state index < -0.39 is 31.2 Å². The molecule has 0 saturated carbocycles. The van der Waals surface area contributed by atoms with Crippen LogP contribution in [0.25, 0.3) is 11.1 Å². The molecule has 6 nitrogen and oxygen atoms in total. The number of aliphatic hydroxyl groups excluding tert-OH is 1. The first kappa shape index (κ1) is 21.7. The zero-order chi connectivity index (χ0) is 21.5. The molecule has 30 heavy (non-hydrogen) atoms. The average molecular weight is 436 g/mol. The molecule has 0 bridgehead atoms. The molecule has 0 aliphatic rings. The van der Waals surface area contributed by atoms with E-state index in [-0.39, 0.29) is 0 Å². The number of rotatable bonds is 9. The van der Waals surface area contributed by atoms with E-state index in [1.54, 1.807) is 42.0 Å². The van der Waals surface area contributed by atoms with Crippen LogP contribution in [0.2, 0.25) is 0 Å². The molecule has 0 aliphatic carbocycles. The Morgan fingerprint density at radius 3 is 2.40 bits per heavy atom. The molecule has 3 N–H and O–H groups in total. The minimum atomic E-state index is -3.28. The molecule has 0 unspecified atom stereocenters. The van der Waals surface area contributed by atoms with E-state index in [2.05, 4.69) is 15.3 Å². The number of carbonyl (C=O) groups excluding carboxylic acids is 1. The predicted octanol–water partition coefficient (Wildman–Crippen LogP) is 3.57. The molecule has 1 aromatic carbocycles. The van der Waals surface area contributed by atoms with Gasteiger partial charge in [-0.2, -0.15) is 8.78 Å². The van der Waals surface area contributed by atoms with Gasteiger partial charge in [-0.15, -0.1) is 11.3 Å². The Kier molecular flexibility index (Phi) is 7.36. The third-order valence-electron chi connectivity index (χ3n) is 4.34. The van der Waals surface area contributed by atoms with Crippen LogP contribution in [0.3, 0.4) is 0 Å². The lowest BCUT2D eigenvalue weighted by Crippen LogP contribution is -2.43. The number of thiazole rings is 1. The van der Waals surface area contributed by atoms with E-state index >= 15 is 0 Å². The highest BCUT2D eigenvalue weighted by Gasteiger charge is 2.26. The molecule has 158 valence electrons. The molecule has 2 heterocycles. The number of amides is 1. The molecule has 0 aliphatic heterocycles. The monoisotopic (exact) mass is 436 g/mol. The Labute approximate surface area is 174 Å². The second-order valence-electron chi connectivity index (χ2n) is 6.37. The van der Waals surface area contributed by atoms with Crippen LogP contribution >= 0.6 is 11.3 Å². The standard InChI is InChI=1S/C20H19F3N4O2S/c21-9-16(27-19(29)18(22)23)17(28)13-3-1-12(2-4-13)14-5-6-15(25-10-14)11-26-20-24-7-8-30-20/h1-8,10,16-18,28H,9,11H2,(H,24,26)(H,27,29)/t16-,17-/m1/s1. The topological polar surface area (TPSA) is 87.1 Å². The van der Waals surface area contributed by atoms with Crippen LogP contribution in [0.5, 0.6) is 0 Å². The van der Waals surface area contributed by atoms with E-state index in [4.69, 9.17) is 0 Å². The lowest BCUT2D eigenvalue weighted by atomic mass is 9.99. The van der Waals surface area contributed by atoms with Gasteiger partial charge < -0.3 is 15.7 Å². The molecule has 0 spiro atoms. The fourth-order valence-electron chi connectivity index (χ4n) is 2.73. The number of halogens is 3. The number of pyridine rings is 1. The summed E-state index contributed by atoms with van der Waals surface area (Å²) >= 11 is 1.50. The molecule has 3 rings (SSSR count). The van der Waals surface area contributed by atoms with E-state index in [0.717, 1.165) is 22.0 Å². The Morgan fingerprint density at radius 2 is 1.83 bits per heavy atom. The molecule has 0 saturated heterocycles. The predicted molar refractivity (Wildman–Crippen MR) is 108 cm³/mol. The number of hydrogen-bond donors (Lipinski definition) is 3. The maximum atomic E-state index is 13.1. The highest BCUT2D eigenvalue weighted by Crippen LogP contribution is 2.24. The van der Waals surface area contributed by atoms with Gasteiger partial charge in [0.15, 0.2) is 5.13 Å². The summed E-state index contributed by atoms with van der Waals surface area (Å²) in [6.07, 6.45) is -1.31. The maximum Gasteiger partial charge on any atom is 0.315 e. The van der Waals surface area contributed by atoms with Crippen LogP contribution in [0.1, 0.15) is 17.4 Å². The van der Waals surface area contributed by atoms with E-state index in [9.17, 15) is 23.1 Å². The van der Waals surface area contributed by atoms with E-state index in [0.29, 0.717) is 12.1 Å². The highest BCUT2D eigenvalue weighted by atomic mass is 32.1. The molecule has 2 atom stereocenters. The maximum absolute atomic E-state index is 13.1. The minimum Gasteiger partial charge on any atom is -0.386 e. The largest absolute Gasteiger partial charge is 0.386 e. The normalized spacial score (nSPS) is 13.1. The van der Waals surface area contributed by atoms with Crippen molar-refractivity contribution < 1.29 is 23.1 Å². The first-order valence-corrected chi connectivity index (χ1v) is 9.87. The number of carbonyl (C=O) groups is 1. The number of nitrogens with zero attached hydrogens (tertiary/aromatic N) is 2. The molecular formula is C20H19F3N4O2S. The Morgan fingerprint density at radius 1 is 1.10 bits per heavy atom. The van der Waals surface area contributed by atoms with Crippen LogP contribution in [0, 0.1) is 0 Å². The van der Waals surface area contributed by atoms with Gasteiger partial charge in [0.25, 0.3) is 5.91 Å². The third-order valence-corrected chi connectivity index (χ3v) is 5.07. The van der Waals surface area contributed by atoms with Gasteiger partial charge in [-0.3, -0.25) is 9.78 Å². The van der Waals surface area contributed by atoms with Gasteiger partial charge >= 0.3 is 6.43 Å². The van der Waals surface area contributed by atoms with Crippen LogP contribution in [-0.2, 0) is 11.3 Å². The molecular weight excluding hydrogens is 417 g/mol. The summed E-state index contributed by atoms with van der Waals surface area (Å²) in [7, 11) is 0. The Hall–Kier alpha value is -2.98. The van der Waals surface area contributed by atoms with Gasteiger partial charge in [-0.1, -0.05) is 30.3 Å². The molecule has 0 radical (unpaired) electrons. The van der Waals surface area contributed by atoms with Crippen LogP contribution in [-0.4, -0.2) is 40.1 Å². The van der Waals surface area contributed by atoms with Crippen molar-refractivity contribution in [3.8, 4) is 11.1 Å². The highest BCUT2D eigenvalue weighted by molar-refractivity contribution is 7.13. The zero-order valence-electron chi connectivity index (χ0n) is 15.6. The zero-order valence-corrected chi connectivity index (χ0v) is 16.5. The van der Waals surface area contributed by atoms with Crippen LogP contribution in [0.4, 0.5) is 18.3 Å². The fourth-order valence-corrected chi connectivity index (χ4v) is 3.26. The van der Waals surface area contributed by atoms with Gasteiger partial charge in [0.1, 0.15) is 12.8 Å². The van der Waals surface area contributed by atoms with Gasteiger partial charge in [-0.25, -0.2) is 9.37 Å². The third kappa shape index (κ3) is 5.55. The van der Waals surface area contributed by atoms with Crippen molar-refractivity contribution >= 4 is 22.4 Å². The van der Waals surface area contributed by atoms with Gasteiger partial charge in [0.05, 0.1) is 18.3 Å². The summed E-state index contributed by atoms with van der Waals surface area (Å²) in [4.78, 5) is 19.6. The first-order valence-electron chi connectivity index (χ1n) is 8.99. The SMILES string of the molecule is O=C(N[C@H](CF)[C@H](O)c1ccc(-c2ccc(CNc3nccs3)nc2)cc1)C(F)F. The second kappa shape index (κ2) is 10.2. The molecule has 3 aromatic rings. The number of anilines is 1. The van der Waals surface area contributed by atoms with Crippen molar-refractivity contribution in [2.75, 3.05) is 12.0 Å². The number of aliphatic hydroxyl groups is 1. The van der Waals surface area contributed by atoms with Gasteiger partial charge in [-0.05, 0) is 17.2 Å². The minimum absolute atomic E-state index is 0.299. The van der Waals surface area contributed by atoms with Crippen molar-refractivity contribution in [1.82, 2.24) is 15.3 Å². The van der Waals surface area contributed by atoms with Gasteiger partial charge in [0.2, 0.25) is 0 Å². The van der Waals surface area contributed by atoms with Crippen LogP contribution < -0.4 is 10.6 Å². The summed E-state index contributed by atoms with van der Waals surface area (Å²) in [5, 5.41) is 17.9.